The summed E-state index contributed by atoms with van der Waals surface area (Å²) in [4.78, 5) is 2.47. The lowest BCUT2D eigenvalue weighted by Gasteiger charge is -2.21. The summed E-state index contributed by atoms with van der Waals surface area (Å²) in [7, 11) is 0. The molecule has 1 fully saturated rings. The van der Waals surface area contributed by atoms with Gasteiger partial charge in [-0.3, -0.25) is 4.90 Å². The minimum atomic E-state index is 0.417. The molecule has 0 atom stereocenters. The fraction of sp³-hybridized carbons (Fsp3) is 0.692. The Labute approximate surface area is 108 Å². The van der Waals surface area contributed by atoms with E-state index >= 15 is 0 Å². The van der Waals surface area contributed by atoms with E-state index in [2.05, 4.69) is 36.6 Å². The third-order valence-corrected chi connectivity index (χ3v) is 4.63. The monoisotopic (exact) mass is 254 g/mol. The summed E-state index contributed by atoms with van der Waals surface area (Å²) in [6.45, 7) is 8.44. The zero-order valence-electron chi connectivity index (χ0n) is 10.7. The summed E-state index contributed by atoms with van der Waals surface area (Å²) in [5.41, 5.74) is 6.67. The Morgan fingerprint density at radius 1 is 1.47 bits per heavy atom. The maximum Gasteiger partial charge on any atom is 0.118 e. The van der Waals surface area contributed by atoms with Crippen LogP contribution in [0.2, 0.25) is 0 Å². The second-order valence-electron chi connectivity index (χ2n) is 5.26. The highest BCUT2D eigenvalue weighted by molar-refractivity contribution is 8.00. The highest BCUT2D eigenvalue weighted by atomic mass is 32.2. The molecule has 0 bridgehead atoms. The maximum atomic E-state index is 5.58. The lowest BCUT2D eigenvalue weighted by Crippen LogP contribution is -2.26. The van der Waals surface area contributed by atoms with Crippen molar-refractivity contribution in [1.82, 2.24) is 4.90 Å². The Balaban J connectivity index is 1.90. The van der Waals surface area contributed by atoms with Gasteiger partial charge in [-0.25, -0.2) is 0 Å². The number of furan rings is 1. The van der Waals surface area contributed by atoms with Crippen LogP contribution in [0.4, 0.5) is 0 Å². The van der Waals surface area contributed by atoms with Crippen LogP contribution in [0.1, 0.15) is 31.6 Å². The summed E-state index contributed by atoms with van der Waals surface area (Å²) in [5.74, 6) is 2.24. The van der Waals surface area contributed by atoms with Gasteiger partial charge in [-0.05, 0) is 19.0 Å². The van der Waals surface area contributed by atoms with Gasteiger partial charge in [0, 0.05) is 29.2 Å². The molecule has 0 aromatic carbocycles. The molecular weight excluding hydrogens is 232 g/mol. The topological polar surface area (TPSA) is 42.4 Å². The van der Waals surface area contributed by atoms with Crippen molar-refractivity contribution in [2.24, 2.45) is 5.73 Å². The Morgan fingerprint density at radius 3 is 3.00 bits per heavy atom. The molecule has 1 aromatic rings. The molecule has 0 aliphatic carbocycles. The minimum Gasteiger partial charge on any atom is -0.468 e. The number of nitrogens with two attached hydrogens (primary N) is 1. The van der Waals surface area contributed by atoms with Crippen molar-refractivity contribution < 1.29 is 4.42 Å². The maximum absolute atomic E-state index is 5.58. The molecule has 1 aliphatic heterocycles. The Morgan fingerprint density at radius 2 is 2.29 bits per heavy atom. The number of nitrogens with zero attached hydrogens (tertiary/aromatic N) is 1. The van der Waals surface area contributed by atoms with Crippen molar-refractivity contribution >= 4 is 11.8 Å². The molecule has 2 N–H and O–H groups in total. The molecule has 2 rings (SSSR count). The van der Waals surface area contributed by atoms with Gasteiger partial charge in [0.25, 0.3) is 0 Å². The van der Waals surface area contributed by atoms with E-state index in [4.69, 9.17) is 10.2 Å². The molecule has 3 nitrogen and oxygen atoms in total. The van der Waals surface area contributed by atoms with E-state index in [1.807, 2.05) is 0 Å². The molecule has 0 amide bonds. The van der Waals surface area contributed by atoms with Crippen molar-refractivity contribution in [3.63, 3.8) is 0 Å². The lowest BCUT2D eigenvalue weighted by molar-refractivity contribution is 0.253. The predicted octanol–water partition coefficient (Wildman–Crippen LogP) is 2.46. The van der Waals surface area contributed by atoms with Gasteiger partial charge in [-0.2, -0.15) is 11.8 Å². The minimum absolute atomic E-state index is 0.417. The quantitative estimate of drug-likeness (QED) is 0.899. The van der Waals surface area contributed by atoms with Crippen molar-refractivity contribution in [3.8, 4) is 0 Å². The van der Waals surface area contributed by atoms with E-state index in [0.717, 1.165) is 31.0 Å². The molecule has 1 aliphatic rings. The lowest BCUT2D eigenvalue weighted by atomic mass is 10.1. The SMILES string of the molecule is CC1(C)CCN(Cc2cc(CN)co2)CCS1. The summed E-state index contributed by atoms with van der Waals surface area (Å²) >= 11 is 2.07. The smallest absolute Gasteiger partial charge is 0.118 e. The molecule has 17 heavy (non-hydrogen) atoms. The second-order valence-corrected chi connectivity index (χ2v) is 7.06. The average molecular weight is 254 g/mol. The fourth-order valence-electron chi connectivity index (χ4n) is 2.06. The fourth-order valence-corrected chi connectivity index (χ4v) is 3.19. The van der Waals surface area contributed by atoms with E-state index in [9.17, 15) is 0 Å². The first kappa shape index (κ1) is 13.0. The first-order valence-electron chi connectivity index (χ1n) is 6.22. The van der Waals surface area contributed by atoms with Gasteiger partial charge in [0.2, 0.25) is 0 Å². The van der Waals surface area contributed by atoms with Crippen LogP contribution in [0.25, 0.3) is 0 Å². The molecule has 0 spiro atoms. The van der Waals surface area contributed by atoms with Crippen molar-refractivity contribution in [2.45, 2.75) is 38.1 Å². The van der Waals surface area contributed by atoms with Crippen LogP contribution in [-0.2, 0) is 13.1 Å². The third kappa shape index (κ3) is 3.76. The standard InChI is InChI=1S/C13H22N2OS/c1-13(2)3-4-15(5-6-17-13)9-12-7-11(8-14)10-16-12/h7,10H,3-6,8-9,14H2,1-2H3. The van der Waals surface area contributed by atoms with Crippen LogP contribution in [0, 0.1) is 0 Å². The van der Waals surface area contributed by atoms with Gasteiger partial charge >= 0.3 is 0 Å². The van der Waals surface area contributed by atoms with E-state index in [-0.39, 0.29) is 0 Å². The Bertz CT molecular complexity index is 362. The largest absolute Gasteiger partial charge is 0.468 e. The highest BCUT2D eigenvalue weighted by Gasteiger charge is 2.23. The van der Waals surface area contributed by atoms with Gasteiger partial charge in [0.15, 0.2) is 0 Å². The van der Waals surface area contributed by atoms with Gasteiger partial charge < -0.3 is 10.2 Å². The van der Waals surface area contributed by atoms with Gasteiger partial charge in [0.05, 0.1) is 12.8 Å². The third-order valence-electron chi connectivity index (χ3n) is 3.25. The average Bonchev–Trinajstić information content (AvgIpc) is 2.66. The number of rotatable bonds is 3. The summed E-state index contributed by atoms with van der Waals surface area (Å²) in [5, 5.41) is 0. The molecule has 1 saturated heterocycles. The molecule has 2 heterocycles. The van der Waals surface area contributed by atoms with E-state index in [0.29, 0.717) is 11.3 Å². The Hall–Kier alpha value is -0.450. The molecule has 96 valence electrons. The zero-order chi connectivity index (χ0) is 12.3. The summed E-state index contributed by atoms with van der Waals surface area (Å²) < 4.78 is 5.94. The van der Waals surface area contributed by atoms with Crippen molar-refractivity contribution in [1.29, 1.82) is 0 Å². The number of hydrogen-bond donors (Lipinski definition) is 1. The van der Waals surface area contributed by atoms with Crippen LogP contribution >= 0.6 is 11.8 Å². The molecule has 4 heteroatoms. The van der Waals surface area contributed by atoms with Gasteiger partial charge in [-0.15, -0.1) is 0 Å². The van der Waals surface area contributed by atoms with E-state index in [1.54, 1.807) is 6.26 Å². The summed E-state index contributed by atoms with van der Waals surface area (Å²) in [6, 6.07) is 2.07. The van der Waals surface area contributed by atoms with Crippen LogP contribution in [0.5, 0.6) is 0 Å². The normalized spacial score (nSPS) is 21.4. The van der Waals surface area contributed by atoms with Crippen LogP contribution in [0.15, 0.2) is 16.7 Å². The van der Waals surface area contributed by atoms with E-state index in [1.165, 1.54) is 12.2 Å². The Kier molecular flexibility index (Phi) is 4.17. The van der Waals surface area contributed by atoms with Crippen LogP contribution in [-0.4, -0.2) is 28.5 Å². The van der Waals surface area contributed by atoms with Crippen LogP contribution in [0.3, 0.4) is 0 Å². The zero-order valence-corrected chi connectivity index (χ0v) is 11.6. The molecule has 1 aromatic heterocycles. The van der Waals surface area contributed by atoms with Crippen molar-refractivity contribution in [3.05, 3.63) is 23.7 Å². The van der Waals surface area contributed by atoms with Crippen molar-refractivity contribution in [2.75, 3.05) is 18.8 Å². The van der Waals surface area contributed by atoms with Gasteiger partial charge in [0.1, 0.15) is 5.76 Å². The van der Waals surface area contributed by atoms with E-state index < -0.39 is 0 Å². The molecular formula is C13H22N2OS. The molecule has 0 saturated carbocycles. The predicted molar refractivity (Wildman–Crippen MR) is 73.0 cm³/mol. The first-order valence-corrected chi connectivity index (χ1v) is 7.20. The highest BCUT2D eigenvalue weighted by Crippen LogP contribution is 2.31. The molecule has 0 unspecified atom stereocenters. The number of thioether (sulfide) groups is 1. The summed E-state index contributed by atoms with van der Waals surface area (Å²) in [6.07, 6.45) is 3.01. The second kappa shape index (κ2) is 5.46. The number of hydrogen-bond acceptors (Lipinski definition) is 4. The van der Waals surface area contributed by atoms with Crippen LogP contribution < -0.4 is 5.73 Å². The first-order chi connectivity index (χ1) is 8.09. The molecule has 0 radical (unpaired) electrons. The van der Waals surface area contributed by atoms with Gasteiger partial charge in [-0.1, -0.05) is 13.8 Å².